The van der Waals surface area contributed by atoms with Gasteiger partial charge in [0.05, 0.1) is 0 Å². The number of carbonyl (C=O) groups is 1. The molecule has 2 N–H and O–H groups in total. The Morgan fingerprint density at radius 2 is 1.86 bits per heavy atom. The van der Waals surface area contributed by atoms with Gasteiger partial charge in [0.2, 0.25) is 0 Å². The normalized spacial score (nSPS) is 13.6. The van der Waals surface area contributed by atoms with Gasteiger partial charge in [-0.15, -0.1) is 0 Å². The summed E-state index contributed by atoms with van der Waals surface area (Å²) in [6.45, 7) is 0. The predicted octanol–water partition coefficient (Wildman–Crippen LogP) is -0.223. The summed E-state index contributed by atoms with van der Waals surface area (Å²) >= 11 is 0. The molecule has 0 spiro atoms. The van der Waals surface area contributed by atoms with Crippen LogP contribution < -0.4 is 15.8 Å². The Morgan fingerprint density at radius 1 is 1.14 bits per heavy atom. The highest BCUT2D eigenvalue weighted by Gasteiger charge is 2.04. The molecule has 0 aliphatic carbocycles. The molecule has 0 amide bonds. The lowest BCUT2D eigenvalue weighted by molar-refractivity contribution is -0.132. The van der Waals surface area contributed by atoms with E-state index in [0.29, 0.717) is 0 Å². The zero-order valence-corrected chi connectivity index (χ0v) is 7.40. The van der Waals surface area contributed by atoms with Gasteiger partial charge in [0, 0.05) is 6.20 Å². The van der Waals surface area contributed by atoms with E-state index in [9.17, 15) is 4.79 Å². The van der Waals surface area contributed by atoms with Crippen molar-refractivity contribution < 1.29 is 9.90 Å². The van der Waals surface area contributed by atoms with E-state index in [1.54, 1.807) is 18.4 Å². The van der Waals surface area contributed by atoms with E-state index < -0.39 is 5.97 Å². The molecule has 1 aliphatic heterocycles. The maximum absolute atomic E-state index is 10.7. The van der Waals surface area contributed by atoms with Gasteiger partial charge in [0.25, 0.3) is 0 Å². The highest BCUT2D eigenvalue weighted by Crippen LogP contribution is 1.91. The van der Waals surface area contributed by atoms with Crippen LogP contribution in [0.25, 0.3) is 12.3 Å². The van der Waals surface area contributed by atoms with Crippen molar-refractivity contribution in [2.24, 2.45) is 0 Å². The lowest BCUT2D eigenvalue weighted by atomic mass is 10.2. The van der Waals surface area contributed by atoms with E-state index in [-0.39, 0.29) is 5.70 Å². The third-order valence-electron chi connectivity index (χ3n) is 2.04. The first-order valence-corrected chi connectivity index (χ1v) is 4.24. The molecule has 1 aromatic rings. The maximum Gasteiger partial charge on any atom is 0.352 e. The van der Waals surface area contributed by atoms with E-state index in [2.05, 4.69) is 5.32 Å². The second-order valence-corrected chi connectivity index (χ2v) is 2.97. The van der Waals surface area contributed by atoms with Crippen LogP contribution in [0.1, 0.15) is 0 Å². The van der Waals surface area contributed by atoms with Crippen LogP contribution in [0.2, 0.25) is 0 Å². The van der Waals surface area contributed by atoms with Gasteiger partial charge in [-0.1, -0.05) is 30.3 Å². The maximum atomic E-state index is 10.7. The molecule has 0 fully saturated rings. The summed E-state index contributed by atoms with van der Waals surface area (Å²) in [5, 5.41) is 13.5. The number of carboxylic acid groups (broad SMARTS) is 1. The molecular weight excluding hydrogens is 178 g/mol. The Balaban J connectivity index is 2.57. The summed E-state index contributed by atoms with van der Waals surface area (Å²) in [7, 11) is 0. The van der Waals surface area contributed by atoms with Crippen molar-refractivity contribution in [3.8, 4) is 0 Å². The molecule has 14 heavy (non-hydrogen) atoms. The smallest absolute Gasteiger partial charge is 0.352 e. The summed E-state index contributed by atoms with van der Waals surface area (Å²) in [6, 6.07) is 7.70. The van der Waals surface area contributed by atoms with E-state index in [4.69, 9.17) is 5.11 Å². The average Bonchev–Trinajstić information content (AvgIpc) is 2.39. The molecule has 3 nitrogen and oxygen atoms in total. The molecule has 0 bridgehead atoms. The van der Waals surface area contributed by atoms with E-state index in [1.165, 1.54) is 0 Å². The van der Waals surface area contributed by atoms with E-state index >= 15 is 0 Å². The number of fused-ring (bicyclic) bond motifs is 1. The topological polar surface area (TPSA) is 49.3 Å². The summed E-state index contributed by atoms with van der Waals surface area (Å²) in [4.78, 5) is 10.7. The predicted molar refractivity (Wildman–Crippen MR) is 53.5 cm³/mol. The highest BCUT2D eigenvalue weighted by molar-refractivity contribution is 5.88. The third-order valence-corrected chi connectivity index (χ3v) is 2.04. The second-order valence-electron chi connectivity index (χ2n) is 2.97. The Labute approximate surface area is 80.7 Å². The van der Waals surface area contributed by atoms with Gasteiger partial charge in [-0.3, -0.25) is 0 Å². The third kappa shape index (κ3) is 1.52. The number of aliphatic carboxylic acids is 1. The fourth-order valence-corrected chi connectivity index (χ4v) is 1.30. The van der Waals surface area contributed by atoms with Gasteiger partial charge in [-0.2, -0.15) is 0 Å². The van der Waals surface area contributed by atoms with Crippen molar-refractivity contribution >= 4 is 18.2 Å². The van der Waals surface area contributed by atoms with Crippen LogP contribution in [-0.4, -0.2) is 11.1 Å². The van der Waals surface area contributed by atoms with Gasteiger partial charge >= 0.3 is 5.97 Å². The SMILES string of the molecule is O=C(O)C1=CC=c2ccccc2=CN1. The van der Waals surface area contributed by atoms with E-state index in [1.807, 2.05) is 24.3 Å². The van der Waals surface area contributed by atoms with Gasteiger partial charge in [-0.05, 0) is 16.5 Å². The van der Waals surface area contributed by atoms with Crippen LogP contribution in [0.4, 0.5) is 0 Å². The molecule has 1 aliphatic rings. The van der Waals surface area contributed by atoms with Crippen LogP contribution in [0.3, 0.4) is 0 Å². The lowest BCUT2D eigenvalue weighted by Gasteiger charge is -1.97. The second kappa shape index (κ2) is 3.38. The average molecular weight is 187 g/mol. The van der Waals surface area contributed by atoms with Crippen molar-refractivity contribution in [3.05, 3.63) is 46.5 Å². The van der Waals surface area contributed by atoms with Crippen molar-refractivity contribution in [3.63, 3.8) is 0 Å². The van der Waals surface area contributed by atoms with Crippen LogP contribution in [0.5, 0.6) is 0 Å². The highest BCUT2D eigenvalue weighted by atomic mass is 16.4. The molecule has 70 valence electrons. The molecular formula is C11H9NO2. The first kappa shape index (κ1) is 8.56. The molecule has 0 saturated heterocycles. The van der Waals surface area contributed by atoms with Crippen molar-refractivity contribution in [1.29, 1.82) is 0 Å². The molecule has 1 heterocycles. The van der Waals surface area contributed by atoms with Crippen molar-refractivity contribution in [2.75, 3.05) is 0 Å². The van der Waals surface area contributed by atoms with Crippen molar-refractivity contribution in [1.82, 2.24) is 5.32 Å². The minimum atomic E-state index is -0.953. The number of hydrogen-bond acceptors (Lipinski definition) is 2. The molecule has 0 saturated carbocycles. The van der Waals surface area contributed by atoms with Crippen LogP contribution in [0, 0.1) is 0 Å². The first-order valence-electron chi connectivity index (χ1n) is 4.24. The molecule has 0 aromatic heterocycles. The molecule has 1 aromatic carbocycles. The number of benzene rings is 1. The van der Waals surface area contributed by atoms with Gasteiger partial charge < -0.3 is 10.4 Å². The van der Waals surface area contributed by atoms with Gasteiger partial charge in [0.1, 0.15) is 5.70 Å². The first-order chi connectivity index (χ1) is 6.77. The largest absolute Gasteiger partial charge is 0.477 e. The van der Waals surface area contributed by atoms with Crippen LogP contribution >= 0.6 is 0 Å². The van der Waals surface area contributed by atoms with Gasteiger partial charge in [-0.25, -0.2) is 4.79 Å². The number of carboxylic acids is 1. The summed E-state index contributed by atoms with van der Waals surface area (Å²) in [5.41, 5.74) is 0.182. The molecule has 0 unspecified atom stereocenters. The Bertz CT molecular complexity index is 514. The Morgan fingerprint density at radius 3 is 2.57 bits per heavy atom. The zero-order chi connectivity index (χ0) is 9.97. The molecule has 0 atom stereocenters. The number of hydrogen-bond donors (Lipinski definition) is 2. The molecule has 3 heteroatoms. The summed E-state index contributed by atoms with van der Waals surface area (Å²) in [6.07, 6.45) is 5.04. The Kier molecular flexibility index (Phi) is 2.07. The van der Waals surface area contributed by atoms with E-state index in [0.717, 1.165) is 10.4 Å². The summed E-state index contributed by atoms with van der Waals surface area (Å²) in [5.74, 6) is -0.953. The minimum absolute atomic E-state index is 0.182. The zero-order valence-electron chi connectivity index (χ0n) is 7.40. The molecule has 0 radical (unpaired) electrons. The standard InChI is InChI=1S/C11H9NO2/c13-11(14)10-6-5-8-3-1-2-4-9(8)7-12-10/h1-7,12H,(H,13,14). The fourth-order valence-electron chi connectivity index (χ4n) is 1.30. The van der Waals surface area contributed by atoms with Gasteiger partial charge in [0.15, 0.2) is 0 Å². The number of nitrogens with one attached hydrogen (secondary N) is 1. The molecule has 2 rings (SSSR count). The monoisotopic (exact) mass is 187 g/mol. The lowest BCUT2D eigenvalue weighted by Crippen LogP contribution is -2.25. The summed E-state index contributed by atoms with van der Waals surface area (Å²) < 4.78 is 0. The van der Waals surface area contributed by atoms with Crippen LogP contribution in [0.15, 0.2) is 36.0 Å². The number of allylic oxidation sites excluding steroid dienone is 1. The Hall–Kier alpha value is -2.03. The quantitative estimate of drug-likeness (QED) is 0.639. The number of rotatable bonds is 1. The minimum Gasteiger partial charge on any atom is -0.477 e. The fraction of sp³-hybridized carbons (Fsp3) is 0. The van der Waals surface area contributed by atoms with Crippen LogP contribution in [-0.2, 0) is 4.79 Å². The van der Waals surface area contributed by atoms with Crippen molar-refractivity contribution in [2.45, 2.75) is 0 Å².